The number of aromatic nitrogens is 3. The number of ether oxygens (including phenoxy) is 1. The predicted octanol–water partition coefficient (Wildman–Crippen LogP) is 3.92. The Morgan fingerprint density at radius 1 is 1.19 bits per heavy atom. The molecule has 0 radical (unpaired) electrons. The van der Waals surface area contributed by atoms with Crippen LogP contribution in [-0.4, -0.2) is 28.0 Å². The van der Waals surface area contributed by atoms with Crippen LogP contribution in [-0.2, 0) is 11.3 Å². The average molecular weight is 368 g/mol. The van der Waals surface area contributed by atoms with Gasteiger partial charge in [-0.2, -0.15) is 0 Å². The predicted molar refractivity (Wildman–Crippen MR) is 102 cm³/mol. The summed E-state index contributed by atoms with van der Waals surface area (Å²) in [4.78, 5) is 26.0. The van der Waals surface area contributed by atoms with Crippen LogP contribution < -0.4 is 5.32 Å². The second kappa shape index (κ2) is 7.72. The summed E-state index contributed by atoms with van der Waals surface area (Å²) in [5, 5.41) is 3.65. The van der Waals surface area contributed by atoms with Crippen molar-refractivity contribution >= 4 is 23.1 Å². The first kappa shape index (κ1) is 18.2. The number of benzene rings is 1. The Labute approximate surface area is 156 Å². The maximum atomic E-state index is 12.7. The molecule has 26 heavy (non-hydrogen) atoms. The molecular formula is C19H20N4O2S. The van der Waals surface area contributed by atoms with Crippen molar-refractivity contribution in [3.8, 4) is 10.6 Å². The number of anilines is 1. The molecular weight excluding hydrogens is 348 g/mol. The Morgan fingerprint density at radius 3 is 2.73 bits per heavy atom. The van der Waals surface area contributed by atoms with E-state index in [0.29, 0.717) is 28.7 Å². The van der Waals surface area contributed by atoms with Crippen LogP contribution in [0.15, 0.2) is 30.6 Å². The van der Waals surface area contributed by atoms with Crippen LogP contribution in [0.3, 0.4) is 0 Å². The molecule has 1 aromatic carbocycles. The monoisotopic (exact) mass is 368 g/mol. The van der Waals surface area contributed by atoms with Crippen molar-refractivity contribution in [2.45, 2.75) is 27.4 Å². The first-order valence-electron chi connectivity index (χ1n) is 8.14. The normalized spacial score (nSPS) is 10.8. The lowest BCUT2D eigenvalue weighted by atomic mass is 10.1. The number of carbonyl (C=O) groups is 1. The van der Waals surface area contributed by atoms with Gasteiger partial charge >= 0.3 is 0 Å². The lowest BCUT2D eigenvalue weighted by molar-refractivity contribution is 0.102. The van der Waals surface area contributed by atoms with Gasteiger partial charge in [0, 0.05) is 18.7 Å². The molecule has 7 heteroatoms. The van der Waals surface area contributed by atoms with Crippen molar-refractivity contribution in [1.82, 2.24) is 15.0 Å². The first-order valence-corrected chi connectivity index (χ1v) is 8.96. The van der Waals surface area contributed by atoms with Gasteiger partial charge in [0.2, 0.25) is 0 Å². The minimum absolute atomic E-state index is 0.224. The molecule has 0 aliphatic rings. The number of hydrogen-bond donors (Lipinski definition) is 1. The summed E-state index contributed by atoms with van der Waals surface area (Å²) in [5.74, 6) is 0.219. The maximum absolute atomic E-state index is 12.7. The number of nitrogens with one attached hydrogen (secondary N) is 1. The Balaban J connectivity index is 1.84. The Hall–Kier alpha value is -2.64. The molecule has 0 fully saturated rings. The van der Waals surface area contributed by atoms with E-state index in [2.05, 4.69) is 46.2 Å². The molecule has 0 saturated carbocycles. The lowest BCUT2D eigenvalue weighted by Gasteiger charge is -2.05. The average Bonchev–Trinajstić information content (AvgIpc) is 2.97. The summed E-state index contributed by atoms with van der Waals surface area (Å²) in [6.07, 6.45) is 1.41. The Morgan fingerprint density at radius 2 is 2.00 bits per heavy atom. The zero-order valence-electron chi connectivity index (χ0n) is 15.2. The summed E-state index contributed by atoms with van der Waals surface area (Å²) in [6.45, 7) is 6.32. The Kier molecular flexibility index (Phi) is 5.39. The molecule has 2 aromatic heterocycles. The van der Waals surface area contributed by atoms with Crippen molar-refractivity contribution in [2.75, 3.05) is 12.4 Å². The van der Waals surface area contributed by atoms with Gasteiger partial charge in [0.25, 0.3) is 5.91 Å². The topological polar surface area (TPSA) is 77.0 Å². The summed E-state index contributed by atoms with van der Waals surface area (Å²) in [6, 6.07) is 7.91. The van der Waals surface area contributed by atoms with Gasteiger partial charge in [0.05, 0.1) is 18.0 Å². The number of amides is 1. The van der Waals surface area contributed by atoms with Crippen molar-refractivity contribution in [2.24, 2.45) is 0 Å². The van der Waals surface area contributed by atoms with E-state index in [1.54, 1.807) is 13.2 Å². The smallest absolute Gasteiger partial charge is 0.268 e. The molecule has 6 nitrogen and oxygen atoms in total. The first-order chi connectivity index (χ1) is 12.5. The van der Waals surface area contributed by atoms with E-state index >= 15 is 0 Å². The van der Waals surface area contributed by atoms with Crippen LogP contribution in [0.4, 0.5) is 5.82 Å². The second-order valence-electron chi connectivity index (χ2n) is 6.03. The maximum Gasteiger partial charge on any atom is 0.268 e. The van der Waals surface area contributed by atoms with Gasteiger partial charge < -0.3 is 10.1 Å². The van der Waals surface area contributed by atoms with E-state index in [1.165, 1.54) is 23.2 Å². The van der Waals surface area contributed by atoms with E-state index in [4.69, 9.17) is 4.74 Å². The summed E-state index contributed by atoms with van der Waals surface area (Å²) >= 11 is 1.38. The molecule has 0 atom stereocenters. The molecule has 1 amide bonds. The van der Waals surface area contributed by atoms with E-state index in [1.807, 2.05) is 13.0 Å². The van der Waals surface area contributed by atoms with Crippen molar-refractivity contribution < 1.29 is 9.53 Å². The van der Waals surface area contributed by atoms with Crippen molar-refractivity contribution in [3.63, 3.8) is 0 Å². The third-order valence-electron chi connectivity index (χ3n) is 3.87. The minimum atomic E-state index is -0.224. The summed E-state index contributed by atoms with van der Waals surface area (Å²) < 4.78 is 5.05. The molecule has 1 N–H and O–H groups in total. The highest BCUT2D eigenvalue weighted by Crippen LogP contribution is 2.31. The zero-order chi connectivity index (χ0) is 18.7. The van der Waals surface area contributed by atoms with Crippen LogP contribution in [0.2, 0.25) is 0 Å². The van der Waals surface area contributed by atoms with Gasteiger partial charge in [-0.15, -0.1) is 11.3 Å². The molecule has 0 unspecified atom stereocenters. The zero-order valence-corrected chi connectivity index (χ0v) is 16.0. The summed E-state index contributed by atoms with van der Waals surface area (Å²) in [7, 11) is 1.59. The Bertz CT molecular complexity index is 952. The molecule has 0 aliphatic carbocycles. The van der Waals surface area contributed by atoms with Crippen LogP contribution >= 0.6 is 11.3 Å². The van der Waals surface area contributed by atoms with Gasteiger partial charge in [0.15, 0.2) is 0 Å². The molecule has 3 aromatic rings. The molecule has 0 aliphatic heterocycles. The standard InChI is InChI=1S/C19H20N4O2S/c1-11-5-6-15(12(2)7-11)19-22-13(3)17(26-19)18(24)23-16-8-14(9-25-4)20-10-21-16/h5-8,10H,9H2,1-4H3,(H,20,21,23,24). The number of aryl methyl sites for hydroxylation is 3. The molecule has 0 saturated heterocycles. The molecule has 134 valence electrons. The number of methoxy groups -OCH3 is 1. The molecule has 3 rings (SSSR count). The van der Waals surface area contributed by atoms with Gasteiger partial charge in [-0.3, -0.25) is 4.79 Å². The van der Waals surface area contributed by atoms with E-state index in [9.17, 15) is 4.79 Å². The molecule has 2 heterocycles. The number of nitrogens with zero attached hydrogens (tertiary/aromatic N) is 3. The lowest BCUT2D eigenvalue weighted by Crippen LogP contribution is -2.13. The quantitative estimate of drug-likeness (QED) is 0.738. The van der Waals surface area contributed by atoms with Gasteiger partial charge in [-0.25, -0.2) is 15.0 Å². The van der Waals surface area contributed by atoms with Gasteiger partial charge in [-0.05, 0) is 26.3 Å². The van der Waals surface area contributed by atoms with Crippen LogP contribution in [0, 0.1) is 20.8 Å². The fourth-order valence-electron chi connectivity index (χ4n) is 2.64. The van der Waals surface area contributed by atoms with E-state index in [0.717, 1.165) is 16.1 Å². The highest BCUT2D eigenvalue weighted by Gasteiger charge is 2.18. The largest absolute Gasteiger partial charge is 0.378 e. The number of rotatable bonds is 5. The third-order valence-corrected chi connectivity index (χ3v) is 5.06. The van der Waals surface area contributed by atoms with Crippen LogP contribution in [0.25, 0.3) is 10.6 Å². The van der Waals surface area contributed by atoms with E-state index < -0.39 is 0 Å². The SMILES string of the molecule is COCc1cc(NC(=O)c2sc(-c3ccc(C)cc3C)nc2C)ncn1. The minimum Gasteiger partial charge on any atom is -0.378 e. The number of carbonyl (C=O) groups excluding carboxylic acids is 1. The number of thiazole rings is 1. The third kappa shape index (κ3) is 3.95. The van der Waals surface area contributed by atoms with Gasteiger partial charge in [-0.1, -0.05) is 23.8 Å². The van der Waals surface area contributed by atoms with Crippen LogP contribution in [0.5, 0.6) is 0 Å². The van der Waals surface area contributed by atoms with Crippen molar-refractivity contribution in [3.05, 3.63) is 58.0 Å². The highest BCUT2D eigenvalue weighted by molar-refractivity contribution is 7.17. The summed E-state index contributed by atoms with van der Waals surface area (Å²) in [5.41, 5.74) is 4.80. The molecule has 0 spiro atoms. The highest BCUT2D eigenvalue weighted by atomic mass is 32.1. The van der Waals surface area contributed by atoms with E-state index in [-0.39, 0.29) is 5.91 Å². The van der Waals surface area contributed by atoms with Gasteiger partial charge in [0.1, 0.15) is 22.0 Å². The van der Waals surface area contributed by atoms with Crippen LogP contribution in [0.1, 0.15) is 32.2 Å². The fourth-order valence-corrected chi connectivity index (χ4v) is 3.69. The fraction of sp³-hybridized carbons (Fsp3) is 0.263. The molecule has 0 bridgehead atoms. The van der Waals surface area contributed by atoms with Crippen molar-refractivity contribution in [1.29, 1.82) is 0 Å². The second-order valence-corrected chi connectivity index (χ2v) is 7.03. The number of hydrogen-bond acceptors (Lipinski definition) is 6.